The molecule has 5 nitrogen and oxygen atoms in total. The number of hydrogen-bond donors (Lipinski definition) is 3. The maximum atomic E-state index is 10.6. The van der Waals surface area contributed by atoms with Crippen LogP contribution in [0.15, 0.2) is 52.1 Å². The van der Waals surface area contributed by atoms with Crippen molar-refractivity contribution in [2.75, 3.05) is 19.6 Å². The molecule has 0 amide bonds. The van der Waals surface area contributed by atoms with Crippen molar-refractivity contribution < 1.29 is 9.52 Å². The smallest absolute Gasteiger partial charge is 0.191 e. The van der Waals surface area contributed by atoms with E-state index in [-0.39, 0.29) is 5.41 Å². The van der Waals surface area contributed by atoms with Crippen LogP contribution >= 0.6 is 0 Å². The molecule has 1 unspecified atom stereocenters. The van der Waals surface area contributed by atoms with Gasteiger partial charge in [-0.25, -0.2) is 0 Å². The van der Waals surface area contributed by atoms with Gasteiger partial charge in [-0.05, 0) is 38.5 Å². The van der Waals surface area contributed by atoms with Crippen molar-refractivity contribution in [3.63, 3.8) is 0 Å². The van der Waals surface area contributed by atoms with Gasteiger partial charge in [-0.1, -0.05) is 43.7 Å². The lowest BCUT2D eigenvalue weighted by Crippen LogP contribution is -2.45. The second-order valence-corrected chi connectivity index (χ2v) is 7.55. The maximum Gasteiger partial charge on any atom is 0.191 e. The minimum absolute atomic E-state index is 0.0854. The first-order valence-corrected chi connectivity index (χ1v) is 9.10. The Hall–Kier alpha value is -2.27. The fraction of sp³-hybridized carbons (Fsp3) is 0.476. The van der Waals surface area contributed by atoms with E-state index in [1.54, 1.807) is 25.3 Å². The molecule has 0 saturated carbocycles. The molecular weight excluding hydrogens is 326 g/mol. The standard InChI is InChI=1S/C21H31N3O2/c1-6-22-19(24-15-21(5,25)18-11-8-12-26-18)23-14-20(3,4)17-10-7-9-16(2)13-17/h7-13,25H,6,14-15H2,1-5H3,(H2,22,23,24). The van der Waals surface area contributed by atoms with Crippen LogP contribution in [0.3, 0.4) is 0 Å². The van der Waals surface area contributed by atoms with Crippen molar-refractivity contribution in [1.82, 2.24) is 10.6 Å². The van der Waals surface area contributed by atoms with E-state index in [2.05, 4.69) is 55.7 Å². The lowest BCUT2D eigenvalue weighted by atomic mass is 9.84. The Labute approximate surface area is 156 Å². The van der Waals surface area contributed by atoms with Crippen molar-refractivity contribution in [1.29, 1.82) is 0 Å². The molecule has 1 aromatic carbocycles. The van der Waals surface area contributed by atoms with Crippen LogP contribution in [0.4, 0.5) is 0 Å². The number of aliphatic imine (C=N–C) groups is 1. The largest absolute Gasteiger partial charge is 0.466 e. The van der Waals surface area contributed by atoms with Crippen LogP contribution in [-0.2, 0) is 11.0 Å². The molecule has 1 heterocycles. The van der Waals surface area contributed by atoms with E-state index in [4.69, 9.17) is 9.41 Å². The molecule has 2 aromatic rings. The SMILES string of the molecule is CCNC(=NCC(C)(C)c1cccc(C)c1)NCC(C)(O)c1ccco1. The van der Waals surface area contributed by atoms with Gasteiger partial charge in [-0.3, -0.25) is 4.99 Å². The second kappa shape index (κ2) is 8.41. The molecule has 0 aliphatic heterocycles. The Kier molecular flexibility index (Phi) is 6.48. The molecule has 0 aliphatic carbocycles. The summed E-state index contributed by atoms with van der Waals surface area (Å²) in [5.41, 5.74) is 1.32. The molecule has 2 rings (SSSR count). The molecule has 1 atom stereocenters. The second-order valence-electron chi connectivity index (χ2n) is 7.55. The zero-order chi connectivity index (χ0) is 19.2. The Balaban J connectivity index is 2.06. The van der Waals surface area contributed by atoms with Gasteiger partial charge in [0.25, 0.3) is 0 Å². The molecule has 142 valence electrons. The minimum atomic E-state index is -1.11. The molecule has 0 saturated heterocycles. The normalized spacial score (nSPS) is 14.8. The van der Waals surface area contributed by atoms with Gasteiger partial charge in [0.05, 0.1) is 19.4 Å². The van der Waals surface area contributed by atoms with E-state index < -0.39 is 5.60 Å². The van der Waals surface area contributed by atoms with E-state index in [1.165, 1.54) is 11.1 Å². The quantitative estimate of drug-likeness (QED) is 0.525. The molecule has 3 N–H and O–H groups in total. The van der Waals surface area contributed by atoms with Gasteiger partial charge in [0.2, 0.25) is 0 Å². The lowest BCUT2D eigenvalue weighted by Gasteiger charge is -2.26. The summed E-state index contributed by atoms with van der Waals surface area (Å²) in [6.07, 6.45) is 1.56. The lowest BCUT2D eigenvalue weighted by molar-refractivity contribution is 0.0386. The van der Waals surface area contributed by atoms with Gasteiger partial charge < -0.3 is 20.2 Å². The van der Waals surface area contributed by atoms with Crippen molar-refractivity contribution >= 4 is 5.96 Å². The summed E-state index contributed by atoms with van der Waals surface area (Å²) < 4.78 is 5.32. The number of aliphatic hydroxyl groups is 1. The number of rotatable bonds is 7. The summed E-state index contributed by atoms with van der Waals surface area (Å²) in [5, 5.41) is 17.0. The highest BCUT2D eigenvalue weighted by molar-refractivity contribution is 5.79. The van der Waals surface area contributed by atoms with E-state index in [9.17, 15) is 5.11 Å². The number of guanidine groups is 1. The number of nitrogens with one attached hydrogen (secondary N) is 2. The maximum absolute atomic E-state index is 10.6. The fourth-order valence-corrected chi connectivity index (χ4v) is 2.70. The van der Waals surface area contributed by atoms with Gasteiger partial charge in [0.15, 0.2) is 5.96 Å². The molecule has 0 spiro atoms. The Bertz CT molecular complexity index is 719. The number of hydrogen-bond acceptors (Lipinski definition) is 3. The molecule has 0 fully saturated rings. The topological polar surface area (TPSA) is 69.8 Å². The summed E-state index contributed by atoms with van der Waals surface area (Å²) in [6, 6.07) is 12.1. The van der Waals surface area contributed by atoms with Gasteiger partial charge in [-0.2, -0.15) is 0 Å². The summed E-state index contributed by atoms with van der Waals surface area (Å²) in [5.74, 6) is 1.21. The van der Waals surface area contributed by atoms with Crippen LogP contribution < -0.4 is 10.6 Å². The third-order valence-corrected chi connectivity index (χ3v) is 4.43. The van der Waals surface area contributed by atoms with E-state index >= 15 is 0 Å². The predicted molar refractivity (Wildman–Crippen MR) is 106 cm³/mol. The third kappa shape index (κ3) is 5.36. The summed E-state index contributed by atoms with van der Waals surface area (Å²) in [6.45, 7) is 11.9. The number of benzene rings is 1. The molecule has 1 aromatic heterocycles. The molecule has 26 heavy (non-hydrogen) atoms. The Morgan fingerprint density at radius 1 is 1.15 bits per heavy atom. The predicted octanol–water partition coefficient (Wildman–Crippen LogP) is 3.33. The van der Waals surface area contributed by atoms with Crippen molar-refractivity contribution in [3.8, 4) is 0 Å². The Morgan fingerprint density at radius 3 is 2.54 bits per heavy atom. The first-order chi connectivity index (χ1) is 12.2. The molecule has 0 aliphatic rings. The van der Waals surface area contributed by atoms with Crippen LogP contribution in [0.5, 0.6) is 0 Å². The number of nitrogens with zero attached hydrogens (tertiary/aromatic N) is 1. The van der Waals surface area contributed by atoms with Crippen molar-refractivity contribution in [2.24, 2.45) is 4.99 Å². The van der Waals surface area contributed by atoms with E-state index in [0.29, 0.717) is 24.8 Å². The number of furan rings is 1. The zero-order valence-corrected chi connectivity index (χ0v) is 16.5. The average molecular weight is 357 g/mol. The van der Waals surface area contributed by atoms with Crippen molar-refractivity contribution in [2.45, 2.75) is 45.6 Å². The number of aryl methyl sites for hydroxylation is 1. The van der Waals surface area contributed by atoms with Gasteiger partial charge in [-0.15, -0.1) is 0 Å². The van der Waals surface area contributed by atoms with Crippen LogP contribution in [0.25, 0.3) is 0 Å². The fourth-order valence-electron chi connectivity index (χ4n) is 2.70. The van der Waals surface area contributed by atoms with Crippen LogP contribution in [0.1, 0.15) is 44.6 Å². The first-order valence-electron chi connectivity index (χ1n) is 9.10. The molecular formula is C21H31N3O2. The highest BCUT2D eigenvalue weighted by Crippen LogP contribution is 2.24. The highest BCUT2D eigenvalue weighted by atomic mass is 16.4. The monoisotopic (exact) mass is 357 g/mol. The van der Waals surface area contributed by atoms with E-state index in [1.807, 2.05) is 6.92 Å². The third-order valence-electron chi connectivity index (χ3n) is 4.43. The van der Waals surface area contributed by atoms with Crippen molar-refractivity contribution in [3.05, 3.63) is 59.5 Å². The molecule has 5 heteroatoms. The summed E-state index contributed by atoms with van der Waals surface area (Å²) >= 11 is 0. The van der Waals surface area contributed by atoms with Gasteiger partial charge >= 0.3 is 0 Å². The molecule has 0 bridgehead atoms. The summed E-state index contributed by atoms with van der Waals surface area (Å²) in [7, 11) is 0. The van der Waals surface area contributed by atoms with Gasteiger partial charge in [0, 0.05) is 12.0 Å². The van der Waals surface area contributed by atoms with Gasteiger partial charge in [0.1, 0.15) is 11.4 Å². The first kappa shape index (κ1) is 20.0. The average Bonchev–Trinajstić information content (AvgIpc) is 3.13. The summed E-state index contributed by atoms with van der Waals surface area (Å²) in [4.78, 5) is 4.73. The minimum Gasteiger partial charge on any atom is -0.466 e. The van der Waals surface area contributed by atoms with E-state index in [0.717, 1.165) is 6.54 Å². The van der Waals surface area contributed by atoms with Crippen LogP contribution in [0.2, 0.25) is 0 Å². The Morgan fingerprint density at radius 2 is 1.92 bits per heavy atom. The molecule has 0 radical (unpaired) electrons. The highest BCUT2D eigenvalue weighted by Gasteiger charge is 2.26. The zero-order valence-electron chi connectivity index (χ0n) is 16.5. The van der Waals surface area contributed by atoms with Crippen LogP contribution in [0, 0.1) is 6.92 Å². The van der Waals surface area contributed by atoms with Crippen LogP contribution in [-0.4, -0.2) is 30.7 Å².